The van der Waals surface area contributed by atoms with Crippen LogP contribution in [0.15, 0.2) is 48.5 Å². The maximum atomic E-state index is 12.4. The molecule has 9 nitrogen and oxygen atoms in total. The third kappa shape index (κ3) is 6.57. The molecule has 0 spiro atoms. The molecule has 1 fully saturated rings. The number of hydrogen-bond donors (Lipinski definition) is 1. The molecule has 0 aromatic heterocycles. The Labute approximate surface area is 198 Å². The van der Waals surface area contributed by atoms with Gasteiger partial charge in [0.15, 0.2) is 6.61 Å². The fraction of sp³-hybridized carbons (Fsp3) is 0.360. The van der Waals surface area contributed by atoms with Crippen molar-refractivity contribution in [3.63, 3.8) is 0 Å². The number of carbonyl (C=O) groups excluding carboxylic acids is 4. The minimum absolute atomic E-state index is 0.00742. The molecule has 1 aliphatic rings. The zero-order valence-corrected chi connectivity index (χ0v) is 19.2. The lowest BCUT2D eigenvalue weighted by Gasteiger charge is -2.17. The minimum Gasteiger partial charge on any atom is -0.497 e. The van der Waals surface area contributed by atoms with E-state index >= 15 is 0 Å². The number of carbonyl (C=O) groups is 4. The Balaban J connectivity index is 1.46. The number of benzene rings is 2. The van der Waals surface area contributed by atoms with Crippen LogP contribution in [0.5, 0.6) is 5.75 Å². The van der Waals surface area contributed by atoms with E-state index in [0.717, 1.165) is 12.8 Å². The van der Waals surface area contributed by atoms with E-state index in [4.69, 9.17) is 14.2 Å². The molecule has 0 unspecified atom stereocenters. The third-order valence-corrected chi connectivity index (χ3v) is 5.30. The van der Waals surface area contributed by atoms with Gasteiger partial charge in [0.05, 0.1) is 25.2 Å². The molecule has 0 bridgehead atoms. The largest absolute Gasteiger partial charge is 0.497 e. The van der Waals surface area contributed by atoms with Gasteiger partial charge < -0.3 is 24.4 Å². The van der Waals surface area contributed by atoms with E-state index < -0.39 is 30.4 Å². The number of hydrogen-bond acceptors (Lipinski definition) is 7. The fourth-order valence-electron chi connectivity index (χ4n) is 3.43. The van der Waals surface area contributed by atoms with Gasteiger partial charge >= 0.3 is 11.9 Å². The topological polar surface area (TPSA) is 111 Å². The lowest BCUT2D eigenvalue weighted by molar-refractivity contribution is -0.151. The van der Waals surface area contributed by atoms with Crippen LogP contribution in [0.1, 0.15) is 36.5 Å². The maximum absolute atomic E-state index is 12.4. The smallest absolute Gasteiger partial charge is 0.338 e. The number of nitrogens with zero attached hydrogens (tertiary/aromatic N) is 1. The molecular formula is C25H28N2O7. The monoisotopic (exact) mass is 468 g/mol. The molecule has 1 saturated heterocycles. The molecular weight excluding hydrogens is 440 g/mol. The van der Waals surface area contributed by atoms with Crippen molar-refractivity contribution in [1.29, 1.82) is 0 Å². The minimum atomic E-state index is -0.662. The molecule has 1 N–H and O–H groups in total. The Hall–Kier alpha value is -3.88. The van der Waals surface area contributed by atoms with Crippen molar-refractivity contribution in [2.24, 2.45) is 5.92 Å². The Morgan fingerprint density at radius 2 is 1.85 bits per heavy atom. The van der Waals surface area contributed by atoms with Gasteiger partial charge in [-0.25, -0.2) is 4.79 Å². The van der Waals surface area contributed by atoms with Crippen molar-refractivity contribution < 1.29 is 33.4 Å². The summed E-state index contributed by atoms with van der Waals surface area (Å²) in [7, 11) is 1.53. The first-order valence-corrected chi connectivity index (χ1v) is 11.1. The molecule has 2 aromatic rings. The number of anilines is 2. The van der Waals surface area contributed by atoms with Gasteiger partial charge in [0, 0.05) is 30.4 Å². The molecule has 0 saturated carbocycles. The fourth-order valence-corrected chi connectivity index (χ4v) is 3.43. The maximum Gasteiger partial charge on any atom is 0.338 e. The van der Waals surface area contributed by atoms with Crippen LogP contribution < -0.4 is 15.0 Å². The van der Waals surface area contributed by atoms with E-state index in [0.29, 0.717) is 29.3 Å². The van der Waals surface area contributed by atoms with Crippen molar-refractivity contribution in [2.45, 2.75) is 26.2 Å². The molecule has 3 rings (SSSR count). The molecule has 0 aliphatic carbocycles. The number of esters is 2. The van der Waals surface area contributed by atoms with E-state index in [9.17, 15) is 19.2 Å². The second-order valence-corrected chi connectivity index (χ2v) is 7.83. The molecule has 1 aliphatic heterocycles. The molecule has 9 heteroatoms. The lowest BCUT2D eigenvalue weighted by atomic mass is 10.1. The summed E-state index contributed by atoms with van der Waals surface area (Å²) in [6.45, 7) is 2.06. The molecule has 34 heavy (non-hydrogen) atoms. The van der Waals surface area contributed by atoms with Crippen molar-refractivity contribution in [1.82, 2.24) is 0 Å². The van der Waals surface area contributed by atoms with Gasteiger partial charge in [-0.3, -0.25) is 14.4 Å². The SMILES string of the molecule is CCCCOC(=O)c1ccc(NC(=O)COC(=O)[C@H]2CC(=O)N(c3cccc(OC)c3)C2)cc1. The first kappa shape index (κ1) is 24.8. The summed E-state index contributed by atoms with van der Waals surface area (Å²) < 4.78 is 15.4. The van der Waals surface area contributed by atoms with E-state index in [1.54, 1.807) is 48.5 Å². The summed E-state index contributed by atoms with van der Waals surface area (Å²) in [5, 5.41) is 2.60. The molecule has 2 amide bonds. The molecule has 1 heterocycles. The predicted molar refractivity (Wildman–Crippen MR) is 125 cm³/mol. The second kappa shape index (κ2) is 11.8. The summed E-state index contributed by atoms with van der Waals surface area (Å²) in [4.78, 5) is 50.4. The van der Waals surface area contributed by atoms with Gasteiger partial charge in [-0.05, 0) is 42.8 Å². The van der Waals surface area contributed by atoms with Crippen LogP contribution in [-0.4, -0.2) is 50.6 Å². The van der Waals surface area contributed by atoms with Gasteiger partial charge in [-0.2, -0.15) is 0 Å². The predicted octanol–water partition coefficient (Wildman–Crippen LogP) is 3.19. The highest BCUT2D eigenvalue weighted by Crippen LogP contribution is 2.28. The lowest BCUT2D eigenvalue weighted by Crippen LogP contribution is -2.28. The summed E-state index contributed by atoms with van der Waals surface area (Å²) in [6, 6.07) is 13.2. The summed E-state index contributed by atoms with van der Waals surface area (Å²) in [6.07, 6.45) is 1.74. The highest BCUT2D eigenvalue weighted by atomic mass is 16.5. The quantitative estimate of drug-likeness (QED) is 0.421. The van der Waals surface area contributed by atoms with Crippen molar-refractivity contribution >= 4 is 35.1 Å². The van der Waals surface area contributed by atoms with E-state index in [1.165, 1.54) is 12.0 Å². The van der Waals surface area contributed by atoms with E-state index in [-0.39, 0.29) is 18.9 Å². The van der Waals surface area contributed by atoms with Crippen LogP contribution in [0.25, 0.3) is 0 Å². The standard InChI is InChI=1S/C25H28N2O7/c1-3-4-12-33-24(30)17-8-10-19(11-9-17)26-22(28)16-34-25(31)18-13-23(29)27(15-18)20-6-5-7-21(14-20)32-2/h5-11,14,18H,3-4,12-13,15-16H2,1-2H3,(H,26,28)/t18-/m0/s1. The molecule has 2 aromatic carbocycles. The number of unbranched alkanes of at least 4 members (excludes halogenated alkanes) is 1. The van der Waals surface area contributed by atoms with Crippen LogP contribution in [0.4, 0.5) is 11.4 Å². The van der Waals surface area contributed by atoms with Crippen molar-refractivity contribution in [2.75, 3.05) is 37.1 Å². The van der Waals surface area contributed by atoms with Gasteiger partial charge in [-0.1, -0.05) is 19.4 Å². The second-order valence-electron chi connectivity index (χ2n) is 7.83. The summed E-state index contributed by atoms with van der Waals surface area (Å²) in [5.41, 5.74) is 1.47. The first-order valence-electron chi connectivity index (χ1n) is 11.1. The number of amides is 2. The van der Waals surface area contributed by atoms with Crippen LogP contribution in [-0.2, 0) is 23.9 Å². The van der Waals surface area contributed by atoms with Crippen molar-refractivity contribution in [3.8, 4) is 5.75 Å². The van der Waals surface area contributed by atoms with Gasteiger partial charge in [0.25, 0.3) is 5.91 Å². The van der Waals surface area contributed by atoms with Crippen LogP contribution in [0, 0.1) is 5.92 Å². The summed E-state index contributed by atoms with van der Waals surface area (Å²) in [5.74, 6) is -1.82. The number of methoxy groups -OCH3 is 1. The van der Waals surface area contributed by atoms with Crippen LogP contribution in [0.2, 0.25) is 0 Å². The Morgan fingerprint density at radius 3 is 2.56 bits per heavy atom. The van der Waals surface area contributed by atoms with Gasteiger partial charge in [-0.15, -0.1) is 0 Å². The molecule has 180 valence electrons. The van der Waals surface area contributed by atoms with E-state index in [1.807, 2.05) is 6.92 Å². The highest BCUT2D eigenvalue weighted by molar-refractivity contribution is 6.00. The average molecular weight is 469 g/mol. The molecule has 1 atom stereocenters. The highest BCUT2D eigenvalue weighted by Gasteiger charge is 2.36. The Morgan fingerprint density at radius 1 is 1.09 bits per heavy atom. The van der Waals surface area contributed by atoms with Gasteiger partial charge in [0.2, 0.25) is 5.91 Å². The first-order chi connectivity index (χ1) is 16.4. The average Bonchev–Trinajstić information content (AvgIpc) is 3.24. The van der Waals surface area contributed by atoms with Crippen molar-refractivity contribution in [3.05, 3.63) is 54.1 Å². The zero-order chi connectivity index (χ0) is 24.5. The third-order valence-electron chi connectivity index (χ3n) is 5.30. The normalized spacial score (nSPS) is 15.1. The van der Waals surface area contributed by atoms with E-state index in [2.05, 4.69) is 5.32 Å². The zero-order valence-electron chi connectivity index (χ0n) is 19.2. The molecule has 0 radical (unpaired) electrons. The van der Waals surface area contributed by atoms with Crippen LogP contribution in [0.3, 0.4) is 0 Å². The Bertz CT molecular complexity index is 1040. The number of ether oxygens (including phenoxy) is 3. The summed E-state index contributed by atoms with van der Waals surface area (Å²) >= 11 is 0. The number of nitrogens with one attached hydrogen (secondary N) is 1. The number of rotatable bonds is 10. The van der Waals surface area contributed by atoms with Crippen LogP contribution >= 0.6 is 0 Å². The Kier molecular flexibility index (Phi) is 8.61. The van der Waals surface area contributed by atoms with Gasteiger partial charge in [0.1, 0.15) is 5.75 Å².